The van der Waals surface area contributed by atoms with Gasteiger partial charge in [0.05, 0.1) is 6.61 Å². The molecule has 2 N–H and O–H groups in total. The van der Waals surface area contributed by atoms with Crippen LogP contribution in [0.25, 0.3) is 10.6 Å². The standard InChI is InChI=1S/C10H11N3OS/c1-2-14-8-5-3-4-7(6-8)9-12-13-10(11)15-9/h3-6H,2H2,1H3,(H2,11,13). The van der Waals surface area contributed by atoms with Crippen LogP contribution in [0.3, 0.4) is 0 Å². The van der Waals surface area contributed by atoms with E-state index in [2.05, 4.69) is 10.2 Å². The lowest BCUT2D eigenvalue weighted by Gasteiger charge is -2.03. The third-order valence-electron chi connectivity index (χ3n) is 1.83. The molecule has 0 aliphatic heterocycles. The predicted molar refractivity (Wildman–Crippen MR) is 60.9 cm³/mol. The van der Waals surface area contributed by atoms with E-state index < -0.39 is 0 Å². The summed E-state index contributed by atoms with van der Waals surface area (Å²) in [6.45, 7) is 2.61. The van der Waals surface area contributed by atoms with Crippen molar-refractivity contribution >= 4 is 16.5 Å². The number of ether oxygens (including phenoxy) is 1. The maximum absolute atomic E-state index is 5.53. The number of nitrogens with zero attached hydrogens (tertiary/aromatic N) is 2. The van der Waals surface area contributed by atoms with Crippen molar-refractivity contribution in [3.63, 3.8) is 0 Å². The average molecular weight is 221 g/mol. The molecule has 0 bridgehead atoms. The van der Waals surface area contributed by atoms with Gasteiger partial charge >= 0.3 is 0 Å². The van der Waals surface area contributed by atoms with Crippen LogP contribution in [-0.4, -0.2) is 16.8 Å². The van der Waals surface area contributed by atoms with Crippen molar-refractivity contribution in [2.75, 3.05) is 12.3 Å². The van der Waals surface area contributed by atoms with Crippen LogP contribution in [-0.2, 0) is 0 Å². The fourth-order valence-electron chi connectivity index (χ4n) is 1.24. The minimum atomic E-state index is 0.479. The van der Waals surface area contributed by atoms with Crippen molar-refractivity contribution in [3.8, 4) is 16.3 Å². The van der Waals surface area contributed by atoms with E-state index in [0.29, 0.717) is 11.7 Å². The van der Waals surface area contributed by atoms with Gasteiger partial charge in [-0.3, -0.25) is 0 Å². The molecule has 1 aromatic carbocycles. The number of anilines is 1. The fourth-order valence-corrected chi connectivity index (χ4v) is 1.84. The Morgan fingerprint density at radius 1 is 1.40 bits per heavy atom. The topological polar surface area (TPSA) is 61.0 Å². The van der Waals surface area contributed by atoms with Gasteiger partial charge < -0.3 is 10.5 Å². The van der Waals surface area contributed by atoms with E-state index >= 15 is 0 Å². The Morgan fingerprint density at radius 3 is 2.93 bits per heavy atom. The lowest BCUT2D eigenvalue weighted by atomic mass is 10.2. The minimum Gasteiger partial charge on any atom is -0.494 e. The van der Waals surface area contributed by atoms with Crippen LogP contribution in [0.2, 0.25) is 0 Å². The summed E-state index contributed by atoms with van der Waals surface area (Å²) in [4.78, 5) is 0. The Labute approximate surface area is 91.7 Å². The molecule has 4 nitrogen and oxygen atoms in total. The molecule has 0 saturated carbocycles. The lowest BCUT2D eigenvalue weighted by Crippen LogP contribution is -1.90. The SMILES string of the molecule is CCOc1cccc(-c2nnc(N)s2)c1. The van der Waals surface area contributed by atoms with Gasteiger partial charge in [0.1, 0.15) is 10.8 Å². The smallest absolute Gasteiger partial charge is 0.203 e. The Balaban J connectivity index is 2.32. The molecule has 1 aromatic heterocycles. The number of rotatable bonds is 3. The number of benzene rings is 1. The summed E-state index contributed by atoms with van der Waals surface area (Å²) < 4.78 is 5.40. The molecule has 0 radical (unpaired) electrons. The molecule has 2 aromatic rings. The summed E-state index contributed by atoms with van der Waals surface area (Å²) in [5.41, 5.74) is 6.51. The summed E-state index contributed by atoms with van der Waals surface area (Å²) in [5, 5.41) is 9.04. The van der Waals surface area contributed by atoms with Crippen molar-refractivity contribution in [2.45, 2.75) is 6.92 Å². The van der Waals surface area contributed by atoms with Gasteiger partial charge in [-0.15, -0.1) is 10.2 Å². The first-order valence-electron chi connectivity index (χ1n) is 4.62. The second kappa shape index (κ2) is 4.27. The van der Waals surface area contributed by atoms with E-state index in [1.165, 1.54) is 11.3 Å². The van der Waals surface area contributed by atoms with E-state index in [0.717, 1.165) is 16.3 Å². The van der Waals surface area contributed by atoms with Gasteiger partial charge in [0.15, 0.2) is 0 Å². The number of hydrogen-bond donors (Lipinski definition) is 1. The summed E-state index contributed by atoms with van der Waals surface area (Å²) >= 11 is 1.37. The molecule has 0 amide bonds. The number of nitrogen functional groups attached to an aromatic ring is 1. The molecule has 0 spiro atoms. The van der Waals surface area contributed by atoms with Crippen molar-refractivity contribution < 1.29 is 4.74 Å². The highest BCUT2D eigenvalue weighted by molar-refractivity contribution is 7.18. The first-order chi connectivity index (χ1) is 7.29. The molecule has 0 aliphatic carbocycles. The van der Waals surface area contributed by atoms with Crippen LogP contribution < -0.4 is 10.5 Å². The quantitative estimate of drug-likeness (QED) is 0.863. The maximum atomic E-state index is 5.53. The molecule has 0 saturated heterocycles. The molecule has 2 rings (SSSR count). The zero-order valence-electron chi connectivity index (χ0n) is 8.30. The number of hydrogen-bond acceptors (Lipinski definition) is 5. The van der Waals surface area contributed by atoms with Crippen molar-refractivity contribution in [2.24, 2.45) is 0 Å². The fraction of sp³-hybridized carbons (Fsp3) is 0.200. The largest absolute Gasteiger partial charge is 0.494 e. The zero-order valence-corrected chi connectivity index (χ0v) is 9.12. The van der Waals surface area contributed by atoms with Crippen LogP contribution in [0.15, 0.2) is 24.3 Å². The highest BCUT2D eigenvalue weighted by Crippen LogP contribution is 2.27. The third kappa shape index (κ3) is 2.24. The molecule has 0 aliphatic rings. The van der Waals surface area contributed by atoms with Gasteiger partial charge in [-0.25, -0.2) is 0 Å². The van der Waals surface area contributed by atoms with Gasteiger partial charge in [-0.2, -0.15) is 0 Å². The first-order valence-corrected chi connectivity index (χ1v) is 5.43. The van der Waals surface area contributed by atoms with Crippen molar-refractivity contribution in [1.82, 2.24) is 10.2 Å². The van der Waals surface area contributed by atoms with Crippen LogP contribution >= 0.6 is 11.3 Å². The predicted octanol–water partition coefficient (Wildman–Crippen LogP) is 2.19. The van der Waals surface area contributed by atoms with E-state index in [-0.39, 0.29) is 0 Å². The zero-order chi connectivity index (χ0) is 10.7. The molecular weight excluding hydrogens is 210 g/mol. The highest BCUT2D eigenvalue weighted by Gasteiger charge is 2.05. The maximum Gasteiger partial charge on any atom is 0.203 e. The van der Waals surface area contributed by atoms with Crippen LogP contribution in [0, 0.1) is 0 Å². The van der Waals surface area contributed by atoms with Gasteiger partial charge in [-0.1, -0.05) is 23.5 Å². The Kier molecular flexibility index (Phi) is 2.82. The molecule has 0 unspecified atom stereocenters. The van der Waals surface area contributed by atoms with E-state index in [1.807, 2.05) is 31.2 Å². The molecule has 1 heterocycles. The van der Waals surface area contributed by atoms with Gasteiger partial charge in [0, 0.05) is 5.56 Å². The van der Waals surface area contributed by atoms with Gasteiger partial charge in [0.2, 0.25) is 5.13 Å². The van der Waals surface area contributed by atoms with Gasteiger partial charge in [0.25, 0.3) is 0 Å². The average Bonchev–Trinajstić information content (AvgIpc) is 2.66. The molecule has 0 fully saturated rings. The molecule has 0 atom stereocenters. The second-order valence-corrected chi connectivity index (χ2v) is 3.92. The summed E-state index contributed by atoms with van der Waals surface area (Å²) in [6, 6.07) is 7.74. The third-order valence-corrected chi connectivity index (χ3v) is 2.63. The van der Waals surface area contributed by atoms with E-state index in [1.54, 1.807) is 0 Å². The van der Waals surface area contributed by atoms with Crippen molar-refractivity contribution in [3.05, 3.63) is 24.3 Å². The summed E-state index contributed by atoms with van der Waals surface area (Å²) in [7, 11) is 0. The summed E-state index contributed by atoms with van der Waals surface area (Å²) in [5.74, 6) is 0.837. The van der Waals surface area contributed by atoms with Crippen molar-refractivity contribution in [1.29, 1.82) is 0 Å². The second-order valence-electron chi connectivity index (χ2n) is 2.91. The number of aromatic nitrogens is 2. The molecule has 5 heteroatoms. The van der Waals surface area contributed by atoms with Crippen LogP contribution in [0.1, 0.15) is 6.92 Å². The van der Waals surface area contributed by atoms with Crippen LogP contribution in [0.4, 0.5) is 5.13 Å². The monoisotopic (exact) mass is 221 g/mol. The highest BCUT2D eigenvalue weighted by atomic mass is 32.1. The van der Waals surface area contributed by atoms with Crippen LogP contribution in [0.5, 0.6) is 5.75 Å². The van der Waals surface area contributed by atoms with Gasteiger partial charge in [-0.05, 0) is 19.1 Å². The Hall–Kier alpha value is -1.62. The van der Waals surface area contributed by atoms with E-state index in [4.69, 9.17) is 10.5 Å². The molecular formula is C10H11N3OS. The first kappa shape index (κ1) is 9.92. The Bertz CT molecular complexity index is 455. The normalized spacial score (nSPS) is 10.2. The summed E-state index contributed by atoms with van der Waals surface area (Å²) in [6.07, 6.45) is 0. The minimum absolute atomic E-state index is 0.479. The number of nitrogens with two attached hydrogens (primary N) is 1. The molecule has 15 heavy (non-hydrogen) atoms. The van der Waals surface area contributed by atoms with E-state index in [9.17, 15) is 0 Å². The lowest BCUT2D eigenvalue weighted by molar-refractivity contribution is 0.340. The molecule has 78 valence electrons. The Morgan fingerprint density at radius 2 is 2.27 bits per heavy atom.